The van der Waals surface area contributed by atoms with Gasteiger partial charge in [0.25, 0.3) is 17.6 Å². The number of anilines is 2. The Morgan fingerprint density at radius 3 is 1.44 bits per heavy atom. The summed E-state index contributed by atoms with van der Waals surface area (Å²) in [7, 11) is 3.32. The van der Waals surface area contributed by atoms with Gasteiger partial charge in [0, 0.05) is 45.8 Å². The number of hydrazine groups is 1. The maximum absolute atomic E-state index is 12.7. The van der Waals surface area contributed by atoms with E-state index in [0.29, 0.717) is 55.3 Å². The smallest absolute Gasteiger partial charge is 0.391 e. The van der Waals surface area contributed by atoms with Gasteiger partial charge in [-0.15, -0.1) is 43.0 Å². The van der Waals surface area contributed by atoms with E-state index in [1.54, 1.807) is 64.3 Å². The van der Waals surface area contributed by atoms with Gasteiger partial charge in [-0.3, -0.25) is 48.8 Å². The highest BCUT2D eigenvalue weighted by Gasteiger charge is 2.33. The van der Waals surface area contributed by atoms with Crippen molar-refractivity contribution in [1.82, 2.24) is 56.6 Å². The number of carboxylic acids is 1. The van der Waals surface area contributed by atoms with Crippen LogP contribution in [0.15, 0.2) is 188 Å². The second-order valence-corrected chi connectivity index (χ2v) is 26.4. The molecule has 0 fully saturated rings. The first-order valence-electron chi connectivity index (χ1n) is 34.0. The minimum absolute atomic E-state index is 0. The van der Waals surface area contributed by atoms with E-state index in [0.717, 1.165) is 72.0 Å². The van der Waals surface area contributed by atoms with Crippen LogP contribution in [0.25, 0.3) is 0 Å². The molecule has 5 aromatic heterocycles. The van der Waals surface area contributed by atoms with Crippen molar-refractivity contribution in [1.29, 1.82) is 0 Å². The summed E-state index contributed by atoms with van der Waals surface area (Å²) in [5, 5.41) is 38.8. The fourth-order valence-electron chi connectivity index (χ4n) is 9.43. The number of benzene rings is 5. The fraction of sp³-hybridized carbons (Fsp3) is 0.250. The van der Waals surface area contributed by atoms with Gasteiger partial charge in [-0.1, -0.05) is 192 Å². The molecule has 0 radical (unpaired) electrons. The van der Waals surface area contributed by atoms with Crippen LogP contribution in [0.4, 0.5) is 11.6 Å². The number of nitrogens with two attached hydrogens (primary N) is 2. The molecular weight excluding hydrogens is 1550 g/mol. The first kappa shape index (κ1) is 90.6. The van der Waals surface area contributed by atoms with Crippen molar-refractivity contribution in [3.63, 3.8) is 0 Å². The minimum Gasteiger partial charge on any atom is -0.487 e. The molecule has 0 bridgehead atoms. The number of aryl methyl sites for hydroxylation is 1. The van der Waals surface area contributed by atoms with Gasteiger partial charge in [0.05, 0.1) is 45.2 Å². The first-order chi connectivity index (χ1) is 53.5. The van der Waals surface area contributed by atoms with Gasteiger partial charge in [-0.25, -0.2) is 35.0 Å². The third-order valence-corrected chi connectivity index (χ3v) is 17.6. The van der Waals surface area contributed by atoms with Gasteiger partial charge in [0.15, 0.2) is 11.6 Å². The maximum Gasteiger partial charge on any atom is 0.391 e. The number of aromatic carboxylic acids is 1. The fourth-order valence-corrected chi connectivity index (χ4v) is 11.7. The quantitative estimate of drug-likeness (QED) is 0.00768. The number of aromatic nitrogens is 8. The van der Waals surface area contributed by atoms with E-state index in [2.05, 4.69) is 66.1 Å². The predicted octanol–water partition coefficient (Wildman–Crippen LogP) is 7.56. The van der Waals surface area contributed by atoms with E-state index in [9.17, 15) is 52.7 Å². The molecule has 2 atom stereocenters. The summed E-state index contributed by atoms with van der Waals surface area (Å²) < 4.78 is 19.2. The van der Waals surface area contributed by atoms with Crippen LogP contribution in [-0.2, 0) is 91.1 Å². The lowest BCUT2D eigenvalue weighted by atomic mass is 10.1. The number of rotatable bonds is 21. The summed E-state index contributed by atoms with van der Waals surface area (Å²) in [4.78, 5) is 134. The van der Waals surface area contributed by atoms with E-state index in [-0.39, 0.29) is 78.8 Å². The zero-order chi connectivity index (χ0) is 80.5. The average molecular weight is 1630 g/mol. The molecule has 112 heavy (non-hydrogen) atoms. The molecule has 0 saturated heterocycles. The van der Waals surface area contributed by atoms with Gasteiger partial charge in [-0.2, -0.15) is 0 Å². The summed E-state index contributed by atoms with van der Waals surface area (Å²) in [6.45, 7) is 5.33. The molecule has 0 aliphatic carbocycles. The van der Waals surface area contributed by atoms with Gasteiger partial charge in [0.2, 0.25) is 32.7 Å². The molecule has 10 aromatic rings. The molecule has 5 aromatic carbocycles. The molecule has 8 N–H and O–H groups in total. The number of esters is 3. The molecule has 5 amide bonds. The Hall–Kier alpha value is -12.1. The minimum atomic E-state index is -1.08. The molecule has 0 saturated carbocycles. The topological polar surface area (TPSA) is 443 Å². The number of carbonyl (C=O) groups excluding carboxylic acids is 10. The Balaban J connectivity index is 0.000000241. The number of Topliss-reactive ketones (excluding diaryl/α,β-unsaturated/α-hetero) is 1. The SMILES string of the molecule is CCOC(=O)C(=O)CNC(=O)Cc1ccccc1.CCOC(=O)C(=O)Cl.CCOC(=O)c1nnc(Cc2ccccc2)s1.CN1C(=O)[C@@H](N)CCc2cccnc21.CN1C(=O)[C@@H](NC(=O)c2nnc(Cc3ccccc3)s2)COc2cccnc21.Cl.NNC(=O)Cc1ccccc1.O=C(O)c1nnc(Cc2ccccc2)s1. The van der Waals surface area contributed by atoms with Crippen molar-refractivity contribution >= 4 is 134 Å². The second kappa shape index (κ2) is 49.2. The zero-order valence-corrected chi connectivity index (χ0v) is 65.3. The normalized spacial score (nSPS) is 12.7. The average Bonchev–Trinajstić information content (AvgIpc) is 1.68. The Kier molecular flexibility index (Phi) is 39.8. The number of likely N-dealkylation sites (N-methyl/N-ethyl adjacent to an activating group) is 2. The summed E-state index contributed by atoms with van der Waals surface area (Å²) in [5.41, 5.74) is 14.1. The zero-order valence-electron chi connectivity index (χ0n) is 61.2. The second-order valence-electron chi connectivity index (χ2n) is 22.9. The van der Waals surface area contributed by atoms with Gasteiger partial charge < -0.3 is 40.4 Å². The highest BCUT2D eigenvalue weighted by Crippen LogP contribution is 2.28. The Bertz CT molecular complexity index is 4670. The molecule has 588 valence electrons. The number of nitrogens with zero attached hydrogens (tertiary/aromatic N) is 10. The standard InChI is InChI=1S/C19H17N5O3S.C13H15NO4.C12H12N2O2S.C10H13N3O.C10H8N2O2S.C8H10N2O.C4H5ClO3.ClH/c1-24-16-14(8-5-9-20-16)27-11-13(19(24)26)21-17(25)18-23-22-15(28-18)10-12-6-3-2-4-7-12;1-2-18-13(17)11(15)9-14-12(16)8-10-6-4-3-5-7-10;1-2-16-12(15)11-14-13-10(17-11)8-9-6-4-3-5-7-9;1-13-9-7(3-2-6-12-9)4-5-8(11)10(13)14;13-10(14)9-12-11-8(15-9)6-7-4-2-1-3-5-7;9-10-8(11)6-7-4-2-1-3-5-7;1-2-8-4(7)3(5)6;/h2-9,13H,10-11H2,1H3,(H,21,25);3-7H,2,8-9H2,1H3,(H,14,16);3-7H,2,8H2,1H3;2-3,6,8H,4-5,11H2,1H3;1-5H,6H2,(H,13,14);1-5H,6,9H2,(H,10,11);2H2,1H3;1H/t13-;;;8-;;;;/m0..0..../s1. The maximum atomic E-state index is 12.7. The lowest BCUT2D eigenvalue weighted by molar-refractivity contribution is -0.153. The first-order valence-corrected chi connectivity index (χ1v) is 36.9. The van der Waals surface area contributed by atoms with E-state index in [1.807, 2.05) is 164 Å². The molecule has 36 heteroatoms. The highest BCUT2D eigenvalue weighted by molar-refractivity contribution is 7.13. The van der Waals surface area contributed by atoms with Gasteiger partial charge in [0.1, 0.15) is 33.5 Å². The van der Waals surface area contributed by atoms with Crippen molar-refractivity contribution in [2.75, 3.05) is 56.9 Å². The number of ketones is 1. The number of nitrogens with one attached hydrogen (secondary N) is 3. The molecule has 0 unspecified atom stereocenters. The molecule has 7 heterocycles. The molecule has 0 spiro atoms. The number of hydrogen-bond donors (Lipinski definition) is 6. The monoisotopic (exact) mass is 1630 g/mol. The van der Waals surface area contributed by atoms with Crippen LogP contribution in [0, 0.1) is 0 Å². The molecule has 31 nitrogen and oxygen atoms in total. The van der Waals surface area contributed by atoms with Crippen molar-refractivity contribution in [2.45, 2.75) is 77.8 Å². The molecule has 12 rings (SSSR count). The summed E-state index contributed by atoms with van der Waals surface area (Å²) >= 11 is 8.29. The molecular formula is C76H81Cl2N15O16S3. The summed E-state index contributed by atoms with van der Waals surface area (Å²) in [6.07, 6.45) is 7.24. The van der Waals surface area contributed by atoms with Crippen LogP contribution in [-0.4, -0.2) is 169 Å². The highest BCUT2D eigenvalue weighted by atomic mass is 35.5. The van der Waals surface area contributed by atoms with Crippen LogP contribution in [0.2, 0.25) is 0 Å². The Morgan fingerprint density at radius 2 is 0.973 bits per heavy atom. The largest absolute Gasteiger partial charge is 0.487 e. The lowest BCUT2D eigenvalue weighted by Gasteiger charge is -2.18. The van der Waals surface area contributed by atoms with Crippen molar-refractivity contribution in [3.8, 4) is 5.75 Å². The number of fused-ring (bicyclic) bond motifs is 2. The molecule has 2 aliphatic rings. The molecule has 2 aliphatic heterocycles. The van der Waals surface area contributed by atoms with E-state index in [4.69, 9.17) is 37.8 Å². The Labute approximate surface area is 667 Å². The van der Waals surface area contributed by atoms with Crippen LogP contribution < -0.4 is 42.2 Å². The number of hydrogen-bond acceptors (Lipinski definition) is 28. The third-order valence-electron chi connectivity index (χ3n) is 14.7. The number of carbonyl (C=O) groups is 11. The van der Waals surface area contributed by atoms with E-state index in [1.165, 1.54) is 27.6 Å². The van der Waals surface area contributed by atoms with Crippen LogP contribution in [0.1, 0.15) is 105 Å². The number of halogens is 2. The van der Waals surface area contributed by atoms with Crippen molar-refractivity contribution in [3.05, 3.63) is 252 Å². The number of carboxylic acid groups (broad SMARTS) is 1. The third kappa shape index (κ3) is 31.5. The van der Waals surface area contributed by atoms with Crippen LogP contribution >= 0.6 is 58.0 Å². The lowest BCUT2D eigenvalue weighted by Crippen LogP contribution is -2.49. The predicted molar refractivity (Wildman–Crippen MR) is 421 cm³/mol. The van der Waals surface area contributed by atoms with E-state index < -0.39 is 52.9 Å². The Morgan fingerprint density at radius 1 is 0.545 bits per heavy atom. The van der Waals surface area contributed by atoms with E-state index >= 15 is 0 Å². The van der Waals surface area contributed by atoms with Crippen LogP contribution in [0.5, 0.6) is 5.75 Å². The van der Waals surface area contributed by atoms with Crippen molar-refractivity contribution in [2.24, 2.45) is 11.6 Å². The summed E-state index contributed by atoms with van der Waals surface area (Å²) in [6, 6.07) is 54.2. The number of amides is 5. The van der Waals surface area contributed by atoms with Crippen molar-refractivity contribution < 1.29 is 76.8 Å². The van der Waals surface area contributed by atoms with Gasteiger partial charge >= 0.3 is 29.1 Å². The number of ether oxygens (including phenoxy) is 4. The van der Waals surface area contributed by atoms with Crippen LogP contribution in [0.3, 0.4) is 0 Å². The number of pyridine rings is 2. The van der Waals surface area contributed by atoms with Gasteiger partial charge in [-0.05, 0) is 96.8 Å². The summed E-state index contributed by atoms with van der Waals surface area (Å²) in [5.74, 6) is 1.21.